The van der Waals surface area contributed by atoms with Crippen molar-refractivity contribution in [2.75, 3.05) is 6.54 Å². The molecule has 0 aliphatic carbocycles. The highest BCUT2D eigenvalue weighted by molar-refractivity contribution is 5.92. The van der Waals surface area contributed by atoms with E-state index in [1.807, 2.05) is 6.92 Å². The van der Waals surface area contributed by atoms with E-state index < -0.39 is 17.6 Å². The maximum Gasteiger partial charge on any atom is 0.329 e. The maximum atomic E-state index is 12.3. The number of aliphatic carboxylic acids is 1. The van der Waals surface area contributed by atoms with Crippen LogP contribution in [-0.4, -0.2) is 45.9 Å². The molecule has 2 N–H and O–H groups in total. The Morgan fingerprint density at radius 1 is 1.42 bits per heavy atom. The van der Waals surface area contributed by atoms with Gasteiger partial charge in [-0.1, -0.05) is 13.3 Å². The molecule has 2 unspecified atom stereocenters. The van der Waals surface area contributed by atoms with Crippen molar-refractivity contribution >= 4 is 17.8 Å². The number of nitrogens with one attached hydrogen (secondary N) is 1. The molecule has 0 spiro atoms. The van der Waals surface area contributed by atoms with Crippen LogP contribution in [0.15, 0.2) is 0 Å². The Bertz CT molecular complexity index is 383. The molecule has 1 rings (SSSR count). The number of likely N-dealkylation sites (tertiary alicyclic amines) is 1. The summed E-state index contributed by atoms with van der Waals surface area (Å²) in [6.07, 6.45) is 2.31. The number of nitrogens with zero attached hydrogens (tertiary/aromatic N) is 1. The number of rotatable bonds is 5. The van der Waals surface area contributed by atoms with Crippen LogP contribution in [0.4, 0.5) is 0 Å². The highest BCUT2D eigenvalue weighted by Gasteiger charge is 2.49. The van der Waals surface area contributed by atoms with Gasteiger partial charge in [0.1, 0.15) is 11.6 Å². The van der Waals surface area contributed by atoms with Gasteiger partial charge in [0.25, 0.3) is 0 Å². The SMILES string of the molecule is CCCC1(C(=O)O)CCCN1C(=O)C(C)NC(C)=O. The molecule has 6 heteroatoms. The smallest absolute Gasteiger partial charge is 0.329 e. The zero-order chi connectivity index (χ0) is 14.6. The molecule has 1 aliphatic heterocycles. The lowest BCUT2D eigenvalue weighted by Gasteiger charge is -2.36. The minimum Gasteiger partial charge on any atom is -0.479 e. The van der Waals surface area contributed by atoms with Crippen molar-refractivity contribution < 1.29 is 19.5 Å². The molecule has 0 aromatic heterocycles. The molecule has 6 nitrogen and oxygen atoms in total. The lowest BCUT2D eigenvalue weighted by Crippen LogP contribution is -2.57. The first kappa shape index (κ1) is 15.5. The molecule has 2 amide bonds. The van der Waals surface area contributed by atoms with Gasteiger partial charge in [0, 0.05) is 13.5 Å². The number of carbonyl (C=O) groups is 3. The van der Waals surface area contributed by atoms with Crippen LogP contribution in [0.3, 0.4) is 0 Å². The van der Waals surface area contributed by atoms with Crippen LogP contribution in [0, 0.1) is 0 Å². The number of amides is 2. The van der Waals surface area contributed by atoms with Gasteiger partial charge in [0.2, 0.25) is 11.8 Å². The fraction of sp³-hybridized carbons (Fsp3) is 0.769. The highest BCUT2D eigenvalue weighted by atomic mass is 16.4. The lowest BCUT2D eigenvalue weighted by atomic mass is 9.90. The van der Waals surface area contributed by atoms with Crippen LogP contribution < -0.4 is 5.32 Å². The topological polar surface area (TPSA) is 86.7 Å². The molecule has 0 saturated carbocycles. The Morgan fingerprint density at radius 3 is 2.53 bits per heavy atom. The molecule has 1 saturated heterocycles. The van der Waals surface area contributed by atoms with E-state index in [2.05, 4.69) is 5.32 Å². The average molecular weight is 270 g/mol. The van der Waals surface area contributed by atoms with Crippen LogP contribution in [0.1, 0.15) is 46.5 Å². The largest absolute Gasteiger partial charge is 0.479 e. The first-order valence-corrected chi connectivity index (χ1v) is 6.67. The van der Waals surface area contributed by atoms with Crippen molar-refractivity contribution in [1.29, 1.82) is 0 Å². The molecule has 0 aromatic carbocycles. The average Bonchev–Trinajstić information content (AvgIpc) is 2.72. The summed E-state index contributed by atoms with van der Waals surface area (Å²) in [5, 5.41) is 12.0. The summed E-state index contributed by atoms with van der Waals surface area (Å²) in [4.78, 5) is 36.3. The molecule has 0 aromatic rings. The second-order valence-electron chi connectivity index (χ2n) is 5.10. The van der Waals surface area contributed by atoms with E-state index in [4.69, 9.17) is 0 Å². The lowest BCUT2D eigenvalue weighted by molar-refractivity contribution is -0.158. The number of carbonyl (C=O) groups excluding carboxylic acids is 2. The van der Waals surface area contributed by atoms with Gasteiger partial charge < -0.3 is 15.3 Å². The number of carboxylic acids is 1. The number of hydrogen-bond acceptors (Lipinski definition) is 3. The number of hydrogen-bond donors (Lipinski definition) is 2. The van der Waals surface area contributed by atoms with Crippen molar-refractivity contribution in [1.82, 2.24) is 10.2 Å². The van der Waals surface area contributed by atoms with Crippen molar-refractivity contribution in [2.45, 2.75) is 58.0 Å². The van der Waals surface area contributed by atoms with Gasteiger partial charge in [-0.2, -0.15) is 0 Å². The van der Waals surface area contributed by atoms with Gasteiger partial charge in [0.15, 0.2) is 0 Å². The second-order valence-corrected chi connectivity index (χ2v) is 5.10. The van der Waals surface area contributed by atoms with Crippen molar-refractivity contribution in [3.05, 3.63) is 0 Å². The number of carboxylic acid groups (broad SMARTS) is 1. The molecular weight excluding hydrogens is 248 g/mol. The van der Waals surface area contributed by atoms with Gasteiger partial charge in [-0.15, -0.1) is 0 Å². The summed E-state index contributed by atoms with van der Waals surface area (Å²) in [5.41, 5.74) is -1.10. The fourth-order valence-electron chi connectivity index (χ4n) is 2.80. The monoisotopic (exact) mass is 270 g/mol. The van der Waals surface area contributed by atoms with Crippen molar-refractivity contribution in [3.8, 4) is 0 Å². The molecule has 1 aliphatic rings. The van der Waals surface area contributed by atoms with Crippen LogP contribution in [0.25, 0.3) is 0 Å². The Balaban J connectivity index is 2.93. The van der Waals surface area contributed by atoms with Crippen molar-refractivity contribution in [3.63, 3.8) is 0 Å². The summed E-state index contributed by atoms with van der Waals surface area (Å²) in [5.74, 6) is -1.56. The standard InChI is InChI=1S/C13H22N2O4/c1-4-6-13(12(18)19)7-5-8-15(13)11(17)9(2)14-10(3)16/h9H,4-8H2,1-3H3,(H,14,16)(H,18,19). The zero-order valence-corrected chi connectivity index (χ0v) is 11.7. The third kappa shape index (κ3) is 3.05. The molecule has 108 valence electrons. The van der Waals surface area contributed by atoms with Gasteiger partial charge in [-0.05, 0) is 26.2 Å². The first-order valence-electron chi connectivity index (χ1n) is 6.67. The first-order chi connectivity index (χ1) is 8.85. The highest BCUT2D eigenvalue weighted by Crippen LogP contribution is 2.34. The van der Waals surface area contributed by atoms with E-state index in [9.17, 15) is 19.5 Å². The summed E-state index contributed by atoms with van der Waals surface area (Å²) in [7, 11) is 0. The summed E-state index contributed by atoms with van der Waals surface area (Å²) in [6.45, 7) is 5.27. The quantitative estimate of drug-likeness (QED) is 0.772. The van der Waals surface area contributed by atoms with E-state index in [1.165, 1.54) is 11.8 Å². The molecule has 1 heterocycles. The van der Waals surface area contributed by atoms with Crippen molar-refractivity contribution in [2.24, 2.45) is 0 Å². The van der Waals surface area contributed by atoms with Crippen LogP contribution in [0.2, 0.25) is 0 Å². The molecule has 2 atom stereocenters. The van der Waals surface area contributed by atoms with E-state index in [0.717, 1.165) is 0 Å². The van der Waals surface area contributed by atoms with E-state index in [-0.39, 0.29) is 11.8 Å². The van der Waals surface area contributed by atoms with E-state index in [1.54, 1.807) is 6.92 Å². The van der Waals surface area contributed by atoms with Gasteiger partial charge >= 0.3 is 5.97 Å². The Kier molecular flexibility index (Phi) is 4.91. The zero-order valence-electron chi connectivity index (χ0n) is 11.7. The summed E-state index contributed by atoms with van der Waals surface area (Å²) < 4.78 is 0. The predicted molar refractivity (Wildman–Crippen MR) is 69.5 cm³/mol. The Labute approximate surface area is 113 Å². The van der Waals surface area contributed by atoms with Gasteiger partial charge in [-0.25, -0.2) is 4.79 Å². The Morgan fingerprint density at radius 2 is 2.05 bits per heavy atom. The second kappa shape index (κ2) is 6.04. The minimum atomic E-state index is -1.10. The van der Waals surface area contributed by atoms with Gasteiger partial charge in [0.05, 0.1) is 0 Å². The van der Waals surface area contributed by atoms with E-state index >= 15 is 0 Å². The van der Waals surface area contributed by atoms with Crippen LogP contribution >= 0.6 is 0 Å². The minimum absolute atomic E-state index is 0.295. The molecule has 0 bridgehead atoms. The molecule has 1 fully saturated rings. The third-order valence-electron chi connectivity index (χ3n) is 3.61. The predicted octanol–water partition coefficient (Wildman–Crippen LogP) is 0.757. The molecule has 0 radical (unpaired) electrons. The normalized spacial score (nSPS) is 24.1. The fourth-order valence-corrected chi connectivity index (χ4v) is 2.80. The summed E-state index contributed by atoms with van der Waals surface area (Å²) in [6, 6.07) is -0.689. The van der Waals surface area contributed by atoms with E-state index in [0.29, 0.717) is 32.2 Å². The van der Waals surface area contributed by atoms with Crippen LogP contribution in [-0.2, 0) is 14.4 Å². The molecular formula is C13H22N2O4. The summed E-state index contributed by atoms with van der Waals surface area (Å²) >= 11 is 0. The van der Waals surface area contributed by atoms with Gasteiger partial charge in [-0.3, -0.25) is 9.59 Å². The Hall–Kier alpha value is -1.59. The maximum absolute atomic E-state index is 12.3. The third-order valence-corrected chi connectivity index (χ3v) is 3.61. The van der Waals surface area contributed by atoms with Crippen LogP contribution in [0.5, 0.6) is 0 Å². The molecule has 19 heavy (non-hydrogen) atoms.